The Kier molecular flexibility index (Phi) is 4.99. The van der Waals surface area contributed by atoms with Gasteiger partial charge in [0.1, 0.15) is 11.5 Å². The van der Waals surface area contributed by atoms with E-state index in [0.29, 0.717) is 6.42 Å². The summed E-state index contributed by atoms with van der Waals surface area (Å²) < 4.78 is 6.28. The molecule has 104 valence electrons. The number of Topliss-reactive ketones (excluding diaryl/α,β-unsaturated/α-hetero) is 1. The van der Waals surface area contributed by atoms with Crippen molar-refractivity contribution in [1.82, 2.24) is 0 Å². The van der Waals surface area contributed by atoms with Crippen molar-refractivity contribution in [2.45, 2.75) is 38.1 Å². The topological polar surface area (TPSA) is 52.3 Å². The number of benzene rings is 1. The van der Waals surface area contributed by atoms with Gasteiger partial charge in [-0.2, -0.15) is 0 Å². The Balaban J connectivity index is 2.07. The van der Waals surface area contributed by atoms with Crippen LogP contribution in [0.1, 0.15) is 31.2 Å². The predicted octanol–water partition coefficient (Wildman–Crippen LogP) is 3.09. The van der Waals surface area contributed by atoms with Gasteiger partial charge in [-0.15, -0.1) is 0 Å². The van der Waals surface area contributed by atoms with Gasteiger partial charge in [0, 0.05) is 28.4 Å². The van der Waals surface area contributed by atoms with E-state index in [1.165, 1.54) is 0 Å². The molecule has 19 heavy (non-hydrogen) atoms. The largest absolute Gasteiger partial charge is 0.496 e. The average Bonchev–Trinajstić information content (AvgIpc) is 2.39. The lowest BCUT2D eigenvalue weighted by molar-refractivity contribution is -0.123. The second-order valence-electron chi connectivity index (χ2n) is 5.22. The standard InChI is InChI=1S/C15H20BrNO2/c1-19-15-6-5-12(16)7-11(15)9-14(18)10-3-2-4-13(17)8-10/h5-7,10,13H,2-4,8-9,17H2,1H3. The zero-order valence-electron chi connectivity index (χ0n) is 11.2. The lowest BCUT2D eigenvalue weighted by atomic mass is 9.82. The van der Waals surface area contributed by atoms with E-state index >= 15 is 0 Å². The van der Waals surface area contributed by atoms with Crippen LogP contribution in [0, 0.1) is 5.92 Å². The highest BCUT2D eigenvalue weighted by atomic mass is 79.9. The Labute approximate surface area is 122 Å². The molecule has 1 fully saturated rings. The molecular formula is C15H20BrNO2. The molecule has 2 atom stereocenters. The monoisotopic (exact) mass is 325 g/mol. The zero-order chi connectivity index (χ0) is 13.8. The first-order valence-electron chi connectivity index (χ1n) is 6.71. The minimum atomic E-state index is 0.118. The quantitative estimate of drug-likeness (QED) is 0.925. The summed E-state index contributed by atoms with van der Waals surface area (Å²) in [6, 6.07) is 5.95. The second-order valence-corrected chi connectivity index (χ2v) is 6.14. The van der Waals surface area contributed by atoms with Crippen LogP contribution in [0.3, 0.4) is 0 Å². The third-order valence-corrected chi connectivity index (χ3v) is 4.27. The molecule has 1 aromatic rings. The Morgan fingerprint density at radius 3 is 2.95 bits per heavy atom. The Hall–Kier alpha value is -0.870. The smallest absolute Gasteiger partial charge is 0.140 e. The fraction of sp³-hybridized carbons (Fsp3) is 0.533. The Morgan fingerprint density at radius 1 is 1.47 bits per heavy atom. The van der Waals surface area contributed by atoms with Crippen molar-refractivity contribution in [2.75, 3.05) is 7.11 Å². The maximum atomic E-state index is 12.4. The highest BCUT2D eigenvalue weighted by molar-refractivity contribution is 9.10. The lowest BCUT2D eigenvalue weighted by Gasteiger charge is -2.25. The van der Waals surface area contributed by atoms with E-state index in [1.54, 1.807) is 7.11 Å². The number of carbonyl (C=O) groups excluding carboxylic acids is 1. The van der Waals surface area contributed by atoms with Crippen LogP contribution < -0.4 is 10.5 Å². The summed E-state index contributed by atoms with van der Waals surface area (Å²) in [6.45, 7) is 0. The number of halogens is 1. The second kappa shape index (κ2) is 6.53. The van der Waals surface area contributed by atoms with E-state index in [0.717, 1.165) is 41.5 Å². The van der Waals surface area contributed by atoms with Gasteiger partial charge >= 0.3 is 0 Å². The summed E-state index contributed by atoms with van der Waals surface area (Å²) in [4.78, 5) is 12.4. The molecule has 1 saturated carbocycles. The molecule has 1 aliphatic rings. The van der Waals surface area contributed by atoms with Gasteiger partial charge in [-0.1, -0.05) is 22.4 Å². The number of methoxy groups -OCH3 is 1. The van der Waals surface area contributed by atoms with Gasteiger partial charge < -0.3 is 10.5 Å². The average molecular weight is 326 g/mol. The number of nitrogens with two attached hydrogens (primary N) is 1. The molecule has 0 aromatic heterocycles. The van der Waals surface area contributed by atoms with Crippen LogP contribution in [0.25, 0.3) is 0 Å². The Morgan fingerprint density at radius 2 is 2.26 bits per heavy atom. The summed E-state index contributed by atoms with van der Waals surface area (Å²) in [5.74, 6) is 1.18. The minimum Gasteiger partial charge on any atom is -0.496 e. The van der Waals surface area contributed by atoms with Crippen LogP contribution in [0.5, 0.6) is 5.75 Å². The molecule has 0 heterocycles. The third-order valence-electron chi connectivity index (χ3n) is 3.78. The number of carbonyl (C=O) groups is 1. The number of hydrogen-bond donors (Lipinski definition) is 1. The molecule has 0 radical (unpaired) electrons. The Bertz CT molecular complexity index is 461. The van der Waals surface area contributed by atoms with Crippen molar-refractivity contribution in [3.8, 4) is 5.75 Å². The van der Waals surface area contributed by atoms with Gasteiger partial charge in [-0.25, -0.2) is 0 Å². The fourth-order valence-electron chi connectivity index (χ4n) is 2.74. The summed E-state index contributed by atoms with van der Waals surface area (Å²) in [5, 5.41) is 0. The van der Waals surface area contributed by atoms with E-state index < -0.39 is 0 Å². The molecule has 0 bridgehead atoms. The molecule has 1 aliphatic carbocycles. The van der Waals surface area contributed by atoms with Crippen LogP contribution in [-0.4, -0.2) is 18.9 Å². The van der Waals surface area contributed by atoms with Crippen molar-refractivity contribution >= 4 is 21.7 Å². The first-order valence-corrected chi connectivity index (χ1v) is 7.50. The van der Waals surface area contributed by atoms with Crippen LogP contribution in [0.4, 0.5) is 0 Å². The van der Waals surface area contributed by atoms with E-state index in [-0.39, 0.29) is 17.7 Å². The highest BCUT2D eigenvalue weighted by Gasteiger charge is 2.25. The van der Waals surface area contributed by atoms with Crippen molar-refractivity contribution < 1.29 is 9.53 Å². The predicted molar refractivity (Wildman–Crippen MR) is 79.3 cm³/mol. The van der Waals surface area contributed by atoms with Crippen molar-refractivity contribution in [1.29, 1.82) is 0 Å². The van der Waals surface area contributed by atoms with Gasteiger partial charge in [0.15, 0.2) is 0 Å². The molecule has 2 unspecified atom stereocenters. The number of ether oxygens (including phenoxy) is 1. The van der Waals surface area contributed by atoms with Crippen LogP contribution in [-0.2, 0) is 11.2 Å². The molecular weight excluding hydrogens is 306 g/mol. The van der Waals surface area contributed by atoms with Gasteiger partial charge in [0.25, 0.3) is 0 Å². The van der Waals surface area contributed by atoms with Gasteiger partial charge in [-0.3, -0.25) is 4.79 Å². The first-order chi connectivity index (χ1) is 9.10. The van der Waals surface area contributed by atoms with Crippen molar-refractivity contribution in [2.24, 2.45) is 11.7 Å². The maximum absolute atomic E-state index is 12.4. The van der Waals surface area contributed by atoms with E-state index in [2.05, 4.69) is 15.9 Å². The van der Waals surface area contributed by atoms with Crippen LogP contribution in [0.2, 0.25) is 0 Å². The molecule has 0 spiro atoms. The molecule has 2 N–H and O–H groups in total. The number of hydrogen-bond acceptors (Lipinski definition) is 3. The molecule has 3 nitrogen and oxygen atoms in total. The molecule has 2 rings (SSSR count). The molecule has 0 aliphatic heterocycles. The van der Waals surface area contributed by atoms with E-state index in [9.17, 15) is 4.79 Å². The van der Waals surface area contributed by atoms with Crippen molar-refractivity contribution in [3.05, 3.63) is 28.2 Å². The maximum Gasteiger partial charge on any atom is 0.140 e. The fourth-order valence-corrected chi connectivity index (χ4v) is 3.15. The summed E-state index contributed by atoms with van der Waals surface area (Å²) >= 11 is 3.43. The molecule has 1 aromatic carbocycles. The summed E-state index contributed by atoms with van der Waals surface area (Å²) in [6.07, 6.45) is 4.34. The normalized spacial score (nSPS) is 23.1. The van der Waals surface area contributed by atoms with E-state index in [4.69, 9.17) is 10.5 Å². The SMILES string of the molecule is COc1ccc(Br)cc1CC(=O)C1CCCC(N)C1. The van der Waals surface area contributed by atoms with Gasteiger partial charge in [0.2, 0.25) is 0 Å². The van der Waals surface area contributed by atoms with Crippen LogP contribution in [0.15, 0.2) is 22.7 Å². The number of ketones is 1. The van der Waals surface area contributed by atoms with Gasteiger partial charge in [-0.05, 0) is 37.5 Å². The van der Waals surface area contributed by atoms with Gasteiger partial charge in [0.05, 0.1) is 7.11 Å². The molecule has 0 saturated heterocycles. The lowest BCUT2D eigenvalue weighted by Crippen LogP contribution is -2.32. The molecule has 0 amide bonds. The van der Waals surface area contributed by atoms with E-state index in [1.807, 2.05) is 18.2 Å². The zero-order valence-corrected chi connectivity index (χ0v) is 12.8. The summed E-state index contributed by atoms with van der Waals surface area (Å²) in [7, 11) is 1.63. The minimum absolute atomic E-state index is 0.118. The molecule has 4 heteroatoms. The highest BCUT2D eigenvalue weighted by Crippen LogP contribution is 2.28. The number of rotatable bonds is 4. The first kappa shape index (κ1) is 14.5. The van der Waals surface area contributed by atoms with Crippen LogP contribution >= 0.6 is 15.9 Å². The third kappa shape index (κ3) is 3.80. The summed E-state index contributed by atoms with van der Waals surface area (Å²) in [5.41, 5.74) is 6.90. The van der Waals surface area contributed by atoms with Crippen molar-refractivity contribution in [3.63, 3.8) is 0 Å².